The van der Waals surface area contributed by atoms with E-state index in [0.717, 1.165) is 5.71 Å². The van der Waals surface area contributed by atoms with Crippen LogP contribution in [0.2, 0.25) is 0 Å². The highest BCUT2D eigenvalue weighted by Gasteiger charge is 1.67. The summed E-state index contributed by atoms with van der Waals surface area (Å²) in [6, 6.07) is 0. The summed E-state index contributed by atoms with van der Waals surface area (Å²) in [6.07, 6.45) is 6.47. The van der Waals surface area contributed by atoms with E-state index >= 15 is 0 Å². The Hall–Kier alpha value is -0.850. The molecule has 0 aromatic rings. The van der Waals surface area contributed by atoms with Gasteiger partial charge in [-0.05, 0) is 19.9 Å². The van der Waals surface area contributed by atoms with Gasteiger partial charge in [0.05, 0.1) is 0 Å². The number of hydrogen-bond donors (Lipinski definition) is 0. The largest absolute Gasteiger partial charge is 0.266 e. The van der Waals surface area contributed by atoms with Gasteiger partial charge in [0, 0.05) is 11.9 Å². The summed E-state index contributed by atoms with van der Waals surface area (Å²) >= 11 is 0. The topological polar surface area (TPSA) is 12.4 Å². The standard InChI is InChI=1S/C7H11N.C3H8/c1-4-5-6-8-7(2)3;1-3-2/h4-6H,1H2,2-3H3;3H2,1-2H3/b6-5-;. The maximum Gasteiger partial charge on any atom is 0.0266 e. The van der Waals surface area contributed by atoms with E-state index in [2.05, 4.69) is 25.4 Å². The fourth-order valence-electron chi connectivity index (χ4n) is 0.253. The predicted molar refractivity (Wildman–Crippen MR) is 54.1 cm³/mol. The zero-order valence-corrected chi connectivity index (χ0v) is 8.09. The lowest BCUT2D eigenvalue weighted by molar-refractivity contribution is 1.09. The van der Waals surface area contributed by atoms with Gasteiger partial charge < -0.3 is 0 Å². The molecule has 1 heteroatoms. The molecular weight excluding hydrogens is 134 g/mol. The fraction of sp³-hybridized carbons (Fsp3) is 0.500. The van der Waals surface area contributed by atoms with E-state index in [1.807, 2.05) is 13.8 Å². The van der Waals surface area contributed by atoms with E-state index in [4.69, 9.17) is 0 Å². The summed E-state index contributed by atoms with van der Waals surface area (Å²) in [5, 5.41) is 0. The zero-order chi connectivity index (χ0) is 9.11. The molecule has 0 aromatic carbocycles. The molecular formula is C10H19N. The molecule has 0 aliphatic heterocycles. The van der Waals surface area contributed by atoms with Crippen molar-refractivity contribution in [1.82, 2.24) is 0 Å². The lowest BCUT2D eigenvalue weighted by atomic mass is 10.5. The Bertz CT molecular complexity index is 128. The van der Waals surface area contributed by atoms with Crippen molar-refractivity contribution in [3.63, 3.8) is 0 Å². The van der Waals surface area contributed by atoms with Crippen LogP contribution in [-0.2, 0) is 0 Å². The van der Waals surface area contributed by atoms with E-state index in [1.165, 1.54) is 6.42 Å². The van der Waals surface area contributed by atoms with Gasteiger partial charge in [0.2, 0.25) is 0 Å². The molecule has 0 heterocycles. The summed E-state index contributed by atoms with van der Waals surface area (Å²) < 4.78 is 0. The van der Waals surface area contributed by atoms with Gasteiger partial charge in [0.1, 0.15) is 0 Å². The molecule has 1 nitrogen and oxygen atoms in total. The van der Waals surface area contributed by atoms with Crippen molar-refractivity contribution < 1.29 is 0 Å². The van der Waals surface area contributed by atoms with Crippen molar-refractivity contribution in [3.05, 3.63) is 24.9 Å². The number of rotatable bonds is 2. The van der Waals surface area contributed by atoms with Gasteiger partial charge in [0.15, 0.2) is 0 Å². The van der Waals surface area contributed by atoms with Gasteiger partial charge in [-0.25, -0.2) is 0 Å². The maximum atomic E-state index is 3.98. The molecule has 0 atom stereocenters. The predicted octanol–water partition coefficient (Wildman–Crippen LogP) is 3.58. The molecule has 0 saturated heterocycles. The van der Waals surface area contributed by atoms with Crippen molar-refractivity contribution in [2.75, 3.05) is 0 Å². The van der Waals surface area contributed by atoms with Crippen LogP contribution < -0.4 is 0 Å². The molecule has 0 fully saturated rings. The summed E-state index contributed by atoms with van der Waals surface area (Å²) in [4.78, 5) is 3.98. The van der Waals surface area contributed by atoms with Gasteiger partial charge in [0.25, 0.3) is 0 Å². The SMILES string of the molecule is C=C/C=C\N=C(C)C.CCC. The van der Waals surface area contributed by atoms with E-state index < -0.39 is 0 Å². The third kappa shape index (κ3) is 27.2. The third-order valence-corrected chi connectivity index (χ3v) is 0.555. The number of hydrogen-bond acceptors (Lipinski definition) is 1. The molecule has 0 saturated carbocycles. The Labute approximate surface area is 70.5 Å². The Kier molecular flexibility index (Phi) is 13.8. The zero-order valence-electron chi connectivity index (χ0n) is 8.09. The maximum absolute atomic E-state index is 3.98. The van der Waals surface area contributed by atoms with Crippen LogP contribution in [-0.4, -0.2) is 5.71 Å². The van der Waals surface area contributed by atoms with Crippen LogP contribution in [0.15, 0.2) is 29.9 Å². The highest BCUT2D eigenvalue weighted by atomic mass is 14.7. The molecule has 0 amide bonds. The first kappa shape index (κ1) is 12.8. The Balaban J connectivity index is 0. The minimum absolute atomic E-state index is 1.06. The molecule has 64 valence electrons. The molecule has 11 heavy (non-hydrogen) atoms. The van der Waals surface area contributed by atoms with E-state index in [-0.39, 0.29) is 0 Å². The van der Waals surface area contributed by atoms with Crippen LogP contribution in [0.4, 0.5) is 0 Å². The van der Waals surface area contributed by atoms with Crippen LogP contribution >= 0.6 is 0 Å². The van der Waals surface area contributed by atoms with Crippen LogP contribution in [0.5, 0.6) is 0 Å². The molecule has 0 spiro atoms. The van der Waals surface area contributed by atoms with Gasteiger partial charge in [-0.1, -0.05) is 32.9 Å². The van der Waals surface area contributed by atoms with Gasteiger partial charge in [-0.2, -0.15) is 0 Å². The molecule has 0 aliphatic rings. The molecule has 0 unspecified atom stereocenters. The van der Waals surface area contributed by atoms with E-state index in [0.29, 0.717) is 0 Å². The second-order valence-corrected chi connectivity index (χ2v) is 2.36. The Morgan fingerprint density at radius 1 is 1.36 bits per heavy atom. The molecule has 0 aliphatic carbocycles. The lowest BCUT2D eigenvalue weighted by Gasteiger charge is -1.78. The van der Waals surface area contributed by atoms with Gasteiger partial charge in [-0.15, -0.1) is 0 Å². The molecule has 0 N–H and O–H groups in total. The first-order chi connectivity index (χ1) is 5.18. The molecule has 0 bridgehead atoms. The van der Waals surface area contributed by atoms with E-state index in [1.54, 1.807) is 18.4 Å². The van der Waals surface area contributed by atoms with Crippen LogP contribution in [0.3, 0.4) is 0 Å². The monoisotopic (exact) mass is 153 g/mol. The number of allylic oxidation sites excluding steroid dienone is 2. The minimum Gasteiger partial charge on any atom is -0.266 e. The van der Waals surface area contributed by atoms with Crippen LogP contribution in [0.1, 0.15) is 34.1 Å². The highest BCUT2D eigenvalue weighted by molar-refractivity contribution is 5.79. The van der Waals surface area contributed by atoms with Gasteiger partial charge in [-0.3, -0.25) is 4.99 Å². The number of nitrogens with zero attached hydrogens (tertiary/aromatic N) is 1. The third-order valence-electron chi connectivity index (χ3n) is 0.555. The second kappa shape index (κ2) is 11.9. The first-order valence-electron chi connectivity index (χ1n) is 3.97. The van der Waals surface area contributed by atoms with Crippen molar-refractivity contribution >= 4 is 5.71 Å². The Morgan fingerprint density at radius 2 is 1.82 bits per heavy atom. The summed E-state index contributed by atoms with van der Waals surface area (Å²) in [5.74, 6) is 0. The average Bonchev–Trinajstić information content (AvgIpc) is 1.89. The summed E-state index contributed by atoms with van der Waals surface area (Å²) in [5.41, 5.74) is 1.06. The summed E-state index contributed by atoms with van der Waals surface area (Å²) in [6.45, 7) is 11.7. The van der Waals surface area contributed by atoms with E-state index in [9.17, 15) is 0 Å². The lowest BCUT2D eigenvalue weighted by Crippen LogP contribution is -1.74. The Morgan fingerprint density at radius 3 is 2.09 bits per heavy atom. The van der Waals surface area contributed by atoms with Crippen LogP contribution in [0, 0.1) is 0 Å². The quantitative estimate of drug-likeness (QED) is 0.424. The van der Waals surface area contributed by atoms with Crippen molar-refractivity contribution in [3.8, 4) is 0 Å². The second-order valence-electron chi connectivity index (χ2n) is 2.36. The number of aliphatic imine (C=N–C) groups is 1. The molecule has 0 radical (unpaired) electrons. The molecule has 0 rings (SSSR count). The normalized spacial score (nSPS) is 8.36. The fourth-order valence-corrected chi connectivity index (χ4v) is 0.253. The van der Waals surface area contributed by atoms with Crippen molar-refractivity contribution in [1.29, 1.82) is 0 Å². The van der Waals surface area contributed by atoms with Crippen LogP contribution in [0.25, 0.3) is 0 Å². The van der Waals surface area contributed by atoms with Crippen molar-refractivity contribution in [2.24, 2.45) is 4.99 Å². The average molecular weight is 153 g/mol. The van der Waals surface area contributed by atoms with Crippen molar-refractivity contribution in [2.45, 2.75) is 34.1 Å². The summed E-state index contributed by atoms with van der Waals surface area (Å²) in [7, 11) is 0. The first-order valence-corrected chi connectivity index (χ1v) is 3.97. The smallest absolute Gasteiger partial charge is 0.0266 e. The van der Waals surface area contributed by atoms with Gasteiger partial charge >= 0.3 is 0 Å². The highest BCUT2D eigenvalue weighted by Crippen LogP contribution is 1.77. The molecule has 0 aromatic heterocycles. The minimum atomic E-state index is 1.06.